The quantitative estimate of drug-likeness (QED) is 0.609. The number of carbonyl (C=O) groups excluding carboxylic acids is 2. The molecule has 0 radical (unpaired) electrons. The maximum Gasteiger partial charge on any atom is 0.335 e. The summed E-state index contributed by atoms with van der Waals surface area (Å²) in [6, 6.07) is 5.55. The first-order valence-corrected chi connectivity index (χ1v) is 7.18. The van der Waals surface area contributed by atoms with E-state index >= 15 is 0 Å². The minimum Gasteiger partial charge on any atom is -0.478 e. The summed E-state index contributed by atoms with van der Waals surface area (Å²) < 4.78 is 5.64. The predicted octanol–water partition coefficient (Wildman–Crippen LogP) is 0.190. The van der Waals surface area contributed by atoms with Gasteiger partial charge in [-0.05, 0) is 24.3 Å². The standard InChI is InChI=1S/C16H13NO6/c18-7-16-6-5-10(23-16)11-12(16)14(20)17(13(11)19)9-3-1-8(2-4-9)15(21)22/h1-6,10-12,18H,7H2,(H,21,22)/t10-,11-,12+,16+/m1/s1. The number of hydrogen-bond acceptors (Lipinski definition) is 5. The van der Waals surface area contributed by atoms with E-state index in [2.05, 4.69) is 0 Å². The van der Waals surface area contributed by atoms with Crippen molar-refractivity contribution >= 4 is 23.5 Å². The van der Waals surface area contributed by atoms with Gasteiger partial charge >= 0.3 is 5.97 Å². The SMILES string of the molecule is O=C(O)c1ccc(N2C(=O)[C@H]3[C@@H](C2=O)[C@@]2(CO)C=C[C@H]3O2)cc1. The van der Waals surface area contributed by atoms with Crippen LogP contribution in [0.5, 0.6) is 0 Å². The highest BCUT2D eigenvalue weighted by Crippen LogP contribution is 2.52. The number of rotatable bonds is 3. The van der Waals surface area contributed by atoms with Crippen molar-refractivity contribution in [3.63, 3.8) is 0 Å². The number of benzene rings is 1. The van der Waals surface area contributed by atoms with Crippen LogP contribution in [0.4, 0.5) is 5.69 Å². The fourth-order valence-corrected chi connectivity index (χ4v) is 3.69. The van der Waals surface area contributed by atoms with Crippen molar-refractivity contribution in [2.45, 2.75) is 11.7 Å². The van der Waals surface area contributed by atoms with Crippen LogP contribution in [0.3, 0.4) is 0 Å². The minimum atomic E-state index is -1.13. The molecule has 23 heavy (non-hydrogen) atoms. The Kier molecular flexibility index (Phi) is 2.76. The third-order valence-electron chi connectivity index (χ3n) is 4.77. The number of carboxylic acids is 1. The predicted molar refractivity (Wildman–Crippen MR) is 76.7 cm³/mol. The van der Waals surface area contributed by atoms with Gasteiger partial charge in [-0.15, -0.1) is 0 Å². The molecule has 0 aromatic heterocycles. The number of aliphatic hydroxyl groups is 1. The van der Waals surface area contributed by atoms with Gasteiger partial charge < -0.3 is 14.9 Å². The van der Waals surface area contributed by atoms with Crippen LogP contribution in [0.2, 0.25) is 0 Å². The van der Waals surface area contributed by atoms with Crippen molar-refractivity contribution in [1.82, 2.24) is 0 Å². The van der Waals surface area contributed by atoms with Crippen molar-refractivity contribution in [2.24, 2.45) is 11.8 Å². The van der Waals surface area contributed by atoms with E-state index in [1.807, 2.05) is 0 Å². The van der Waals surface area contributed by atoms with Gasteiger partial charge in [0.15, 0.2) is 0 Å². The second-order valence-electron chi connectivity index (χ2n) is 5.92. The van der Waals surface area contributed by atoms with E-state index in [9.17, 15) is 19.5 Å². The van der Waals surface area contributed by atoms with Crippen LogP contribution in [-0.2, 0) is 14.3 Å². The molecule has 1 aromatic carbocycles. The summed E-state index contributed by atoms with van der Waals surface area (Å²) in [6.45, 7) is -0.369. The lowest BCUT2D eigenvalue weighted by Crippen LogP contribution is -2.43. The summed E-state index contributed by atoms with van der Waals surface area (Å²) in [4.78, 5) is 37.4. The van der Waals surface area contributed by atoms with E-state index in [4.69, 9.17) is 9.84 Å². The lowest BCUT2D eigenvalue weighted by atomic mass is 9.77. The first kappa shape index (κ1) is 14.1. The zero-order valence-corrected chi connectivity index (χ0v) is 11.9. The van der Waals surface area contributed by atoms with E-state index in [1.54, 1.807) is 12.2 Å². The van der Waals surface area contributed by atoms with Crippen LogP contribution in [0.1, 0.15) is 10.4 Å². The van der Waals surface area contributed by atoms with E-state index in [-0.39, 0.29) is 18.1 Å². The lowest BCUT2D eigenvalue weighted by Gasteiger charge is -2.26. The molecule has 7 nitrogen and oxygen atoms in total. The molecule has 3 aliphatic heterocycles. The summed E-state index contributed by atoms with van der Waals surface area (Å²) in [7, 11) is 0. The summed E-state index contributed by atoms with van der Waals surface area (Å²) in [6.07, 6.45) is 2.85. The highest BCUT2D eigenvalue weighted by Gasteiger charge is 2.67. The molecule has 3 heterocycles. The van der Waals surface area contributed by atoms with Crippen molar-refractivity contribution in [3.8, 4) is 0 Å². The molecule has 4 atom stereocenters. The van der Waals surface area contributed by atoms with Gasteiger partial charge in [-0.3, -0.25) is 9.59 Å². The smallest absolute Gasteiger partial charge is 0.335 e. The van der Waals surface area contributed by atoms with Gasteiger partial charge in [-0.2, -0.15) is 0 Å². The van der Waals surface area contributed by atoms with Gasteiger partial charge in [0.05, 0.1) is 35.8 Å². The molecule has 0 saturated carbocycles. The first-order valence-electron chi connectivity index (χ1n) is 7.18. The summed E-state index contributed by atoms with van der Waals surface area (Å²) in [5.41, 5.74) is -0.727. The molecule has 2 fully saturated rings. The third-order valence-corrected chi connectivity index (χ3v) is 4.77. The number of aromatic carboxylic acids is 1. The van der Waals surface area contributed by atoms with E-state index in [0.717, 1.165) is 4.90 Å². The molecule has 2 N–H and O–H groups in total. The molecule has 4 rings (SSSR count). The Morgan fingerprint density at radius 2 is 1.91 bits per heavy atom. The average molecular weight is 315 g/mol. The van der Waals surface area contributed by atoms with Crippen LogP contribution in [0.15, 0.2) is 36.4 Å². The molecule has 2 bridgehead atoms. The molecule has 118 valence electrons. The van der Waals surface area contributed by atoms with Gasteiger partial charge in [-0.1, -0.05) is 12.2 Å². The van der Waals surface area contributed by atoms with Crippen LogP contribution >= 0.6 is 0 Å². The number of anilines is 1. The van der Waals surface area contributed by atoms with Gasteiger partial charge in [0.2, 0.25) is 11.8 Å². The third kappa shape index (κ3) is 1.68. The van der Waals surface area contributed by atoms with Crippen molar-refractivity contribution < 1.29 is 29.3 Å². The summed E-state index contributed by atoms with van der Waals surface area (Å²) >= 11 is 0. The molecular weight excluding hydrogens is 302 g/mol. The Bertz CT molecular complexity index is 754. The number of aliphatic hydroxyl groups excluding tert-OH is 1. The number of amides is 2. The highest BCUT2D eigenvalue weighted by molar-refractivity contribution is 6.23. The number of imide groups is 1. The Hall–Kier alpha value is -2.51. The maximum atomic E-state index is 12.7. The zero-order valence-electron chi connectivity index (χ0n) is 11.9. The summed E-state index contributed by atoms with van der Waals surface area (Å²) in [5, 5.41) is 18.5. The Balaban J connectivity index is 1.72. The van der Waals surface area contributed by atoms with Crippen molar-refractivity contribution in [2.75, 3.05) is 11.5 Å². The normalized spacial score (nSPS) is 34.3. The van der Waals surface area contributed by atoms with E-state index in [1.165, 1.54) is 24.3 Å². The molecule has 0 aliphatic carbocycles. The maximum absolute atomic E-state index is 12.7. The fourth-order valence-electron chi connectivity index (χ4n) is 3.69. The topological polar surface area (TPSA) is 104 Å². The van der Waals surface area contributed by atoms with Crippen molar-refractivity contribution in [1.29, 1.82) is 0 Å². The van der Waals surface area contributed by atoms with Crippen LogP contribution in [0.25, 0.3) is 0 Å². The molecule has 1 aromatic rings. The van der Waals surface area contributed by atoms with Gasteiger partial charge in [0, 0.05) is 0 Å². The van der Waals surface area contributed by atoms with Gasteiger partial charge in [0.25, 0.3) is 0 Å². The van der Waals surface area contributed by atoms with Gasteiger partial charge in [-0.25, -0.2) is 9.69 Å². The molecule has 3 aliphatic rings. The van der Waals surface area contributed by atoms with Crippen LogP contribution in [0, 0.1) is 11.8 Å². The number of carbonyl (C=O) groups is 3. The second kappa shape index (κ2) is 4.50. The number of hydrogen-bond donors (Lipinski definition) is 2. The molecule has 0 unspecified atom stereocenters. The molecular formula is C16H13NO6. The van der Waals surface area contributed by atoms with Crippen molar-refractivity contribution in [3.05, 3.63) is 42.0 Å². The number of carboxylic acid groups (broad SMARTS) is 1. The van der Waals surface area contributed by atoms with Gasteiger partial charge in [0.1, 0.15) is 5.60 Å². The fraction of sp³-hybridized carbons (Fsp3) is 0.312. The Morgan fingerprint density at radius 1 is 1.22 bits per heavy atom. The largest absolute Gasteiger partial charge is 0.478 e. The Morgan fingerprint density at radius 3 is 2.52 bits per heavy atom. The van der Waals surface area contributed by atoms with Crippen LogP contribution < -0.4 is 4.90 Å². The highest BCUT2D eigenvalue weighted by atomic mass is 16.5. The zero-order chi connectivity index (χ0) is 16.4. The number of ether oxygens (including phenoxy) is 1. The number of nitrogens with zero attached hydrogens (tertiary/aromatic N) is 1. The number of fused-ring (bicyclic) bond motifs is 5. The first-order chi connectivity index (χ1) is 11.0. The lowest BCUT2D eigenvalue weighted by molar-refractivity contribution is -0.128. The van der Waals surface area contributed by atoms with E-state index in [0.29, 0.717) is 5.69 Å². The van der Waals surface area contributed by atoms with Crippen LogP contribution in [-0.4, -0.2) is 46.3 Å². The second-order valence-corrected chi connectivity index (χ2v) is 5.92. The van der Waals surface area contributed by atoms with E-state index < -0.39 is 35.4 Å². The molecule has 2 saturated heterocycles. The minimum absolute atomic E-state index is 0.0740. The molecule has 7 heteroatoms. The average Bonchev–Trinajstić information content (AvgIpc) is 3.19. The molecule has 0 spiro atoms. The monoisotopic (exact) mass is 315 g/mol. The Labute approximate surface area is 130 Å². The molecule has 2 amide bonds. The summed E-state index contributed by atoms with van der Waals surface area (Å²) in [5.74, 6) is -3.27.